The van der Waals surface area contributed by atoms with Crippen LogP contribution in [-0.4, -0.2) is 103 Å². The van der Waals surface area contributed by atoms with Crippen molar-refractivity contribution in [2.75, 3.05) is 32.9 Å². The molecule has 7 unspecified atom stereocenters. The summed E-state index contributed by atoms with van der Waals surface area (Å²) in [4.78, 5) is 29.2. The van der Waals surface area contributed by atoms with E-state index < -0.39 is 35.4 Å². The maximum absolute atomic E-state index is 14.7. The van der Waals surface area contributed by atoms with Crippen LogP contribution in [0.4, 0.5) is 0 Å². The highest BCUT2D eigenvalue weighted by atomic mass is 16.7. The lowest BCUT2D eigenvalue weighted by atomic mass is 9.44. The number of ketones is 1. The van der Waals surface area contributed by atoms with Crippen LogP contribution >= 0.6 is 0 Å². The lowest BCUT2D eigenvalue weighted by Crippen LogP contribution is -2.68. The zero-order valence-corrected chi connectivity index (χ0v) is 29.4. The normalized spacial score (nSPS) is 49.8. The van der Waals surface area contributed by atoms with Crippen molar-refractivity contribution in [3.63, 3.8) is 0 Å². The summed E-state index contributed by atoms with van der Waals surface area (Å²) in [6.07, 6.45) is 6.68. The first-order valence-electron chi connectivity index (χ1n) is 18.6. The van der Waals surface area contributed by atoms with Gasteiger partial charge in [-0.3, -0.25) is 14.5 Å². The first-order valence-corrected chi connectivity index (χ1v) is 18.6. The number of esters is 1. The molecule has 0 radical (unpaired) electrons. The molecule has 0 aromatic heterocycles. The number of carbonyl (C=O) groups is 2. The van der Waals surface area contributed by atoms with E-state index in [2.05, 4.69) is 25.7 Å². The number of hydrogen-bond donors (Lipinski definition) is 2. The quantitative estimate of drug-likeness (QED) is 0.409. The molecule has 10 heteroatoms. The van der Waals surface area contributed by atoms with Crippen molar-refractivity contribution in [3.05, 3.63) is 0 Å². The number of carbonyl (C=O) groups excluding carboxylic acids is 2. The van der Waals surface area contributed by atoms with Gasteiger partial charge in [0.15, 0.2) is 18.2 Å². The van der Waals surface area contributed by atoms with Crippen LogP contribution in [0, 0.1) is 39.4 Å². The number of hydrogen-bond acceptors (Lipinski definition) is 10. The molecule has 8 rings (SSSR count). The van der Waals surface area contributed by atoms with Crippen LogP contribution in [0.1, 0.15) is 99.3 Å². The fourth-order valence-electron chi connectivity index (χ4n) is 13.1. The Labute approximate surface area is 280 Å². The van der Waals surface area contributed by atoms with Gasteiger partial charge in [0, 0.05) is 13.5 Å². The summed E-state index contributed by atoms with van der Waals surface area (Å²) in [5.74, 6) is 0.270. The highest BCUT2D eigenvalue weighted by Crippen LogP contribution is 2.87. The Morgan fingerprint density at radius 2 is 1.77 bits per heavy atom. The monoisotopic (exact) mass is 658 g/mol. The number of nitrogens with zero attached hydrogens (tertiary/aromatic N) is 1. The molecule has 8 aliphatic rings. The van der Waals surface area contributed by atoms with Crippen LogP contribution in [0.5, 0.6) is 0 Å². The molecule has 47 heavy (non-hydrogen) atoms. The summed E-state index contributed by atoms with van der Waals surface area (Å²) in [5.41, 5.74) is 5.32. The molecule has 3 N–H and O–H groups in total. The summed E-state index contributed by atoms with van der Waals surface area (Å²) in [7, 11) is 0. The summed E-state index contributed by atoms with van der Waals surface area (Å²) < 4.78 is 30.7. The number of ether oxygens (including phenoxy) is 5. The van der Waals surface area contributed by atoms with Crippen LogP contribution in [0.25, 0.3) is 0 Å². The summed E-state index contributed by atoms with van der Waals surface area (Å²) in [6.45, 7) is 15.8. The van der Waals surface area contributed by atoms with Gasteiger partial charge in [0.1, 0.15) is 6.10 Å². The van der Waals surface area contributed by atoms with Gasteiger partial charge in [0.25, 0.3) is 0 Å². The topological polar surface area (TPSA) is 130 Å². The lowest BCUT2D eigenvalue weighted by Gasteiger charge is -2.62. The van der Waals surface area contributed by atoms with Gasteiger partial charge < -0.3 is 34.5 Å². The average molecular weight is 659 g/mol. The van der Waals surface area contributed by atoms with E-state index in [9.17, 15) is 14.7 Å². The first-order chi connectivity index (χ1) is 22.1. The maximum Gasteiger partial charge on any atom is 0.303 e. The fraction of sp³-hybridized carbons (Fsp3) is 0.946. The molecule has 264 valence electrons. The van der Waals surface area contributed by atoms with E-state index in [1.807, 2.05) is 0 Å². The molecule has 2 spiro atoms. The van der Waals surface area contributed by atoms with Crippen LogP contribution in [0.15, 0.2) is 0 Å². The van der Waals surface area contributed by atoms with Gasteiger partial charge in [0.05, 0.1) is 55.8 Å². The number of morpholine rings is 1. The third-order valence-electron chi connectivity index (χ3n) is 15.5. The highest BCUT2D eigenvalue weighted by molar-refractivity contribution is 5.97. The van der Waals surface area contributed by atoms with E-state index in [0.717, 1.165) is 77.7 Å². The van der Waals surface area contributed by atoms with E-state index in [1.54, 1.807) is 13.8 Å². The number of nitrogens with two attached hydrogens (primary N) is 1. The minimum atomic E-state index is -1.30. The molecule has 0 amide bonds. The van der Waals surface area contributed by atoms with Crippen molar-refractivity contribution in [1.82, 2.24) is 4.90 Å². The SMILES string of the molecule is CC(=O)O[C@@H](C1CC[C@H]2[C@@H](O1)C(=O)[C@@]1(N)C3CC[C@H]4C(C)(C)C(OC5CN(C6COC6)CCO5)CCC45CC35CCC21C)C(C)(C)O. The van der Waals surface area contributed by atoms with Crippen LogP contribution in [-0.2, 0) is 33.3 Å². The van der Waals surface area contributed by atoms with Gasteiger partial charge in [-0.05, 0) is 111 Å². The molecular formula is C37H58N2O8. The molecule has 3 aliphatic heterocycles. The Balaban J connectivity index is 1.01. The van der Waals surface area contributed by atoms with Crippen molar-refractivity contribution in [2.24, 2.45) is 45.1 Å². The Hall–Kier alpha value is -1.14. The van der Waals surface area contributed by atoms with Gasteiger partial charge >= 0.3 is 5.97 Å². The minimum absolute atomic E-state index is 0.00667. The zero-order valence-electron chi connectivity index (χ0n) is 29.4. The Kier molecular flexibility index (Phi) is 7.51. The zero-order chi connectivity index (χ0) is 33.4. The van der Waals surface area contributed by atoms with Crippen molar-refractivity contribution < 1.29 is 38.4 Å². The molecule has 0 aromatic carbocycles. The van der Waals surface area contributed by atoms with Crippen LogP contribution in [0.2, 0.25) is 0 Å². The Morgan fingerprint density at radius 3 is 2.45 bits per heavy atom. The van der Waals surface area contributed by atoms with Crippen molar-refractivity contribution in [3.8, 4) is 0 Å². The third-order valence-corrected chi connectivity index (χ3v) is 15.5. The molecule has 0 aromatic rings. The summed E-state index contributed by atoms with van der Waals surface area (Å²) >= 11 is 0. The molecule has 0 bridgehead atoms. The number of aliphatic hydroxyl groups is 1. The summed E-state index contributed by atoms with van der Waals surface area (Å²) in [5, 5.41) is 10.9. The van der Waals surface area contributed by atoms with E-state index in [4.69, 9.17) is 29.4 Å². The van der Waals surface area contributed by atoms with Crippen molar-refractivity contribution in [2.45, 2.75) is 147 Å². The molecule has 8 fully saturated rings. The Bertz CT molecular complexity index is 1300. The molecule has 12 atom stereocenters. The molecule has 3 heterocycles. The molecule has 10 nitrogen and oxygen atoms in total. The second-order valence-electron chi connectivity index (χ2n) is 18.3. The number of Topliss-reactive ketones (excluding diaryl/α,β-unsaturated/α-hetero) is 1. The van der Waals surface area contributed by atoms with Crippen molar-refractivity contribution >= 4 is 11.8 Å². The number of fused-ring (bicyclic) bond motifs is 4. The molecule has 5 aliphatic carbocycles. The van der Waals surface area contributed by atoms with E-state index in [0.29, 0.717) is 25.0 Å². The highest BCUT2D eigenvalue weighted by Gasteiger charge is 2.85. The summed E-state index contributed by atoms with van der Waals surface area (Å²) in [6, 6.07) is 0.491. The number of rotatable bonds is 6. The fourth-order valence-corrected chi connectivity index (χ4v) is 13.1. The molecule has 5 saturated carbocycles. The van der Waals surface area contributed by atoms with Gasteiger partial charge in [-0.1, -0.05) is 20.8 Å². The van der Waals surface area contributed by atoms with Crippen molar-refractivity contribution in [1.29, 1.82) is 0 Å². The third kappa shape index (κ3) is 4.46. The second-order valence-corrected chi connectivity index (χ2v) is 18.3. The van der Waals surface area contributed by atoms with Gasteiger partial charge in [-0.2, -0.15) is 0 Å². The van der Waals surface area contributed by atoms with Crippen LogP contribution in [0.3, 0.4) is 0 Å². The largest absolute Gasteiger partial charge is 0.457 e. The predicted octanol–water partition coefficient (Wildman–Crippen LogP) is 3.60. The standard InChI is InChI=1S/C37H58N2O8/c1-21(40)45-31(33(4,5)42)24-8-7-23-29(46-24)30(41)37(38)26-10-9-25-32(2,3)27(47-28-17-39(15-16-44-28)22-18-43-19-22)11-12-35(25)20-36(26,35)14-13-34(23,37)6/h22-29,31,42H,7-20,38H2,1-6H3/t23-,24?,25-,26?,27?,28?,29+,31-,34?,35?,36?,37-/m0/s1. The maximum atomic E-state index is 14.7. The second kappa shape index (κ2) is 10.7. The lowest BCUT2D eigenvalue weighted by molar-refractivity contribution is -0.253. The molecule has 3 saturated heterocycles. The predicted molar refractivity (Wildman–Crippen MR) is 172 cm³/mol. The van der Waals surface area contributed by atoms with Gasteiger partial charge in [-0.15, -0.1) is 0 Å². The smallest absolute Gasteiger partial charge is 0.303 e. The first kappa shape index (κ1) is 33.0. The van der Waals surface area contributed by atoms with E-state index >= 15 is 0 Å². The van der Waals surface area contributed by atoms with Gasteiger partial charge in [0.2, 0.25) is 0 Å². The Morgan fingerprint density at radius 1 is 1.04 bits per heavy atom. The van der Waals surface area contributed by atoms with E-state index in [-0.39, 0.29) is 51.7 Å². The molecular weight excluding hydrogens is 600 g/mol. The average Bonchev–Trinajstić information content (AvgIpc) is 3.61. The van der Waals surface area contributed by atoms with Crippen LogP contribution < -0.4 is 5.73 Å². The minimum Gasteiger partial charge on any atom is -0.457 e. The van der Waals surface area contributed by atoms with Gasteiger partial charge in [-0.25, -0.2) is 0 Å². The van der Waals surface area contributed by atoms with E-state index in [1.165, 1.54) is 6.92 Å².